The van der Waals surface area contributed by atoms with Gasteiger partial charge in [-0.2, -0.15) is 0 Å². The Morgan fingerprint density at radius 3 is 0.830 bits per heavy atom. The minimum atomic E-state index is -0.715. The molecule has 0 aromatic heterocycles. The quantitative estimate of drug-likeness (QED) is 0.0457. The van der Waals surface area contributed by atoms with Crippen molar-refractivity contribution in [3.8, 4) is 0 Å². The van der Waals surface area contributed by atoms with E-state index in [4.69, 9.17) is 56.8 Å². The molecule has 0 amide bonds. The fourth-order valence-electron chi connectivity index (χ4n) is 3.02. The maximum Gasteiger partial charge on any atom is 0.332 e. The van der Waals surface area contributed by atoms with Crippen LogP contribution in [0.3, 0.4) is 0 Å². The minimum Gasteiger partial charge on any atom is -0.463 e. The highest BCUT2D eigenvalue weighted by Gasteiger charge is 2.17. The second kappa shape index (κ2) is 28.6. The van der Waals surface area contributed by atoms with Gasteiger partial charge in [-0.1, -0.05) is 0 Å². The summed E-state index contributed by atoms with van der Waals surface area (Å²) in [7, 11) is 0. The van der Waals surface area contributed by atoms with Gasteiger partial charge in [0.05, 0.1) is 92.5 Å². The zero-order chi connectivity index (χ0) is 35.2. The molecule has 0 N–H and O–H groups in total. The highest BCUT2D eigenvalue weighted by molar-refractivity contribution is 5.91. The number of carbonyl (C=O) groups excluding carboxylic acids is 4. The molecule has 0 radical (unpaired) electrons. The van der Waals surface area contributed by atoms with E-state index >= 15 is 0 Å². The molecule has 276 valence electrons. The summed E-state index contributed by atoms with van der Waals surface area (Å²) in [5, 5.41) is 0. The van der Waals surface area contributed by atoms with Crippen LogP contribution in [0.4, 0.5) is 0 Å². The maximum atomic E-state index is 11.7. The van der Waals surface area contributed by atoms with Crippen molar-refractivity contribution in [3.05, 3.63) is 0 Å². The fraction of sp³-hybridized carbons (Fsp3) is 0.871. The molecule has 0 saturated heterocycles. The van der Waals surface area contributed by atoms with Gasteiger partial charge in [0.1, 0.15) is 44.1 Å². The number of carbonyl (C=O) groups is 4. The molecule has 0 fully saturated rings. The summed E-state index contributed by atoms with van der Waals surface area (Å²) in [4.78, 5) is 46.4. The second-order valence-electron chi connectivity index (χ2n) is 11.6. The lowest BCUT2D eigenvalue weighted by Crippen LogP contribution is -2.27. The van der Waals surface area contributed by atoms with Gasteiger partial charge in [-0.15, -0.1) is 0 Å². The van der Waals surface area contributed by atoms with Gasteiger partial charge in [0.25, 0.3) is 0 Å². The summed E-state index contributed by atoms with van der Waals surface area (Å²) in [6.07, 6.45) is -0.510. The molecule has 0 aromatic carbocycles. The number of hydrogen-bond acceptors (Lipinski definition) is 16. The number of esters is 4. The monoisotopic (exact) mass is 684 g/mol. The molecule has 0 saturated carbocycles. The zero-order valence-corrected chi connectivity index (χ0v) is 29.0. The van der Waals surface area contributed by atoms with Crippen LogP contribution in [-0.4, -0.2) is 154 Å². The second-order valence-corrected chi connectivity index (χ2v) is 11.6. The van der Waals surface area contributed by atoms with Crippen LogP contribution in [0.1, 0.15) is 48.0 Å². The van der Waals surface area contributed by atoms with E-state index in [1.807, 2.05) is 0 Å². The van der Waals surface area contributed by atoms with Crippen LogP contribution in [0.25, 0.3) is 0 Å². The van der Waals surface area contributed by atoms with Crippen LogP contribution in [0.5, 0.6) is 0 Å². The number of rotatable bonds is 30. The molecule has 0 heterocycles. The lowest BCUT2D eigenvalue weighted by molar-refractivity contribution is -0.161. The molecule has 16 heteroatoms. The predicted octanol–water partition coefficient (Wildman–Crippen LogP) is 1.28. The highest BCUT2D eigenvalue weighted by Crippen LogP contribution is 2.07. The van der Waals surface area contributed by atoms with Crippen molar-refractivity contribution in [2.75, 3.05) is 119 Å². The summed E-state index contributed by atoms with van der Waals surface area (Å²) in [6.45, 7) is 14.6. The first kappa shape index (κ1) is 44.6. The van der Waals surface area contributed by atoms with Gasteiger partial charge >= 0.3 is 23.9 Å². The largest absolute Gasteiger partial charge is 0.463 e. The summed E-state index contributed by atoms with van der Waals surface area (Å²) in [5.74, 6) is -2.27. The minimum absolute atomic E-state index is 0.00541. The molecule has 47 heavy (non-hydrogen) atoms. The third-order valence-corrected chi connectivity index (χ3v) is 4.78. The molecule has 16 nitrogen and oxygen atoms in total. The van der Waals surface area contributed by atoms with E-state index in [2.05, 4.69) is 0 Å². The van der Waals surface area contributed by atoms with E-state index in [9.17, 15) is 19.2 Å². The van der Waals surface area contributed by atoms with Gasteiger partial charge in [-0.25, -0.2) is 9.59 Å². The summed E-state index contributed by atoms with van der Waals surface area (Å²) >= 11 is 0. The van der Waals surface area contributed by atoms with Crippen LogP contribution in [0, 0.1) is 0 Å². The average Bonchev–Trinajstić information content (AvgIpc) is 2.95. The van der Waals surface area contributed by atoms with Gasteiger partial charge in [-0.05, 0) is 41.5 Å². The Labute approximate surface area is 278 Å². The van der Waals surface area contributed by atoms with Gasteiger partial charge < -0.3 is 56.8 Å². The van der Waals surface area contributed by atoms with Crippen LogP contribution in [0.15, 0.2) is 0 Å². The third kappa shape index (κ3) is 36.2. The molecule has 0 aliphatic carbocycles. The molecular weight excluding hydrogens is 628 g/mol. The van der Waals surface area contributed by atoms with E-state index in [1.54, 1.807) is 41.5 Å². The van der Waals surface area contributed by atoms with E-state index in [0.29, 0.717) is 66.1 Å². The third-order valence-electron chi connectivity index (χ3n) is 4.78. The topological polar surface area (TPSA) is 179 Å². The molecule has 0 spiro atoms. The molecule has 0 aromatic rings. The Morgan fingerprint density at radius 2 is 0.574 bits per heavy atom. The number of hydrogen-bond donors (Lipinski definition) is 0. The van der Waals surface area contributed by atoms with Crippen molar-refractivity contribution >= 4 is 23.9 Å². The summed E-state index contributed by atoms with van der Waals surface area (Å²) in [6, 6.07) is 0. The van der Waals surface area contributed by atoms with Crippen LogP contribution < -0.4 is 0 Å². The van der Waals surface area contributed by atoms with E-state index in [1.165, 1.54) is 0 Å². The van der Waals surface area contributed by atoms with Crippen molar-refractivity contribution < 1.29 is 76.0 Å². The van der Waals surface area contributed by atoms with Crippen molar-refractivity contribution in [3.63, 3.8) is 0 Å². The lowest BCUT2D eigenvalue weighted by atomic mass is 10.2. The average molecular weight is 685 g/mol. The summed E-state index contributed by atoms with van der Waals surface area (Å²) in [5.41, 5.74) is -1.08. The fourth-order valence-corrected chi connectivity index (χ4v) is 3.02. The first-order valence-corrected chi connectivity index (χ1v) is 15.7. The predicted molar refractivity (Wildman–Crippen MR) is 165 cm³/mol. The van der Waals surface area contributed by atoms with Gasteiger partial charge in [0, 0.05) is 0 Å². The smallest absolute Gasteiger partial charge is 0.332 e. The van der Waals surface area contributed by atoms with Gasteiger partial charge in [0.15, 0.2) is 0 Å². The van der Waals surface area contributed by atoms with Crippen LogP contribution in [-0.2, 0) is 76.0 Å². The van der Waals surface area contributed by atoms with Crippen LogP contribution >= 0.6 is 0 Å². The highest BCUT2D eigenvalue weighted by atomic mass is 16.6. The zero-order valence-electron chi connectivity index (χ0n) is 29.0. The standard InChI is InChI=1S/C31H56O16/c1-30(2,3)46-28(34)24-42-17-15-38-9-7-36-11-13-40-19-21-44-26(32)23-27(33)45-22-20-41-14-12-37-8-10-39-16-18-43-25-29(35)47-31(4,5)6/h7-25H2,1-6H3. The van der Waals surface area contributed by atoms with Gasteiger partial charge in [-0.3, -0.25) is 9.59 Å². The van der Waals surface area contributed by atoms with Crippen molar-refractivity contribution in [2.24, 2.45) is 0 Å². The van der Waals surface area contributed by atoms with E-state index in [0.717, 1.165) is 0 Å². The Morgan fingerprint density at radius 1 is 0.340 bits per heavy atom. The lowest BCUT2D eigenvalue weighted by Gasteiger charge is -2.19. The Hall–Kier alpha value is -2.44. The van der Waals surface area contributed by atoms with E-state index < -0.39 is 41.5 Å². The maximum absolute atomic E-state index is 11.7. The Balaban J connectivity index is 3.38. The Bertz CT molecular complexity index is 755. The molecule has 0 aliphatic rings. The first-order valence-electron chi connectivity index (χ1n) is 15.7. The normalized spacial score (nSPS) is 11.7. The SMILES string of the molecule is CC(C)(C)OC(=O)COCCOCCOCCOCCOC(=O)CC(=O)OCCOCCOCCOCCOCC(=O)OC(C)(C)C. The number of ether oxygens (including phenoxy) is 12. The first-order chi connectivity index (χ1) is 22.3. The molecule has 0 bridgehead atoms. The van der Waals surface area contributed by atoms with Crippen LogP contribution in [0.2, 0.25) is 0 Å². The van der Waals surface area contributed by atoms with Crippen molar-refractivity contribution in [1.82, 2.24) is 0 Å². The summed E-state index contributed by atoms with van der Waals surface area (Å²) < 4.78 is 62.5. The molecule has 0 aliphatic heterocycles. The Kier molecular flexibility index (Phi) is 27.1. The molecule has 0 unspecified atom stereocenters. The molecule has 0 rings (SSSR count). The molecule has 0 atom stereocenters. The van der Waals surface area contributed by atoms with Gasteiger partial charge in [0.2, 0.25) is 0 Å². The van der Waals surface area contributed by atoms with E-state index in [-0.39, 0.29) is 52.9 Å². The van der Waals surface area contributed by atoms with Crippen molar-refractivity contribution in [2.45, 2.75) is 59.2 Å². The molecular formula is C31H56O16. The van der Waals surface area contributed by atoms with Crippen molar-refractivity contribution in [1.29, 1.82) is 0 Å².